The first-order valence-corrected chi connectivity index (χ1v) is 13.2. The quantitative estimate of drug-likeness (QED) is 0.316. The number of nitrogens with zero attached hydrogens (tertiary/aromatic N) is 5. The van der Waals surface area contributed by atoms with E-state index in [2.05, 4.69) is 20.7 Å². The molecule has 2 atom stereocenters. The average molecular weight is 547 g/mol. The van der Waals surface area contributed by atoms with Crippen molar-refractivity contribution >= 4 is 35.6 Å². The summed E-state index contributed by atoms with van der Waals surface area (Å²) in [5.74, 6) is 0.217. The van der Waals surface area contributed by atoms with E-state index in [4.69, 9.17) is 9.47 Å². The number of hydrogen-bond donors (Lipinski definition) is 1. The zero-order valence-corrected chi connectivity index (χ0v) is 22.1. The van der Waals surface area contributed by atoms with Crippen LogP contribution in [0.1, 0.15) is 17.0 Å². The monoisotopic (exact) mass is 546 g/mol. The number of β-lactam (4-membered cyclic amide) rings is 1. The van der Waals surface area contributed by atoms with Crippen LogP contribution in [0.3, 0.4) is 0 Å². The van der Waals surface area contributed by atoms with Gasteiger partial charge in [0.25, 0.3) is 5.91 Å². The summed E-state index contributed by atoms with van der Waals surface area (Å²) in [6.07, 6.45) is 3.48. The number of amides is 2. The molecule has 3 heterocycles. The molecule has 0 radical (unpaired) electrons. The van der Waals surface area contributed by atoms with Gasteiger partial charge in [-0.3, -0.25) is 14.5 Å². The van der Waals surface area contributed by atoms with Crippen molar-refractivity contribution in [2.75, 3.05) is 12.9 Å². The molecule has 3 aromatic rings. The van der Waals surface area contributed by atoms with Crippen LogP contribution in [0.5, 0.6) is 5.75 Å². The number of carbonyl (C=O) groups excluding carboxylic acids is 3. The lowest BCUT2D eigenvalue weighted by molar-refractivity contribution is -0.153. The van der Waals surface area contributed by atoms with Crippen LogP contribution < -0.4 is 10.1 Å². The highest BCUT2D eigenvalue weighted by Crippen LogP contribution is 2.41. The number of nitrogens with one attached hydrogen (secondary N) is 1. The van der Waals surface area contributed by atoms with Crippen LogP contribution in [0.2, 0.25) is 0 Å². The Balaban J connectivity index is 1.33. The fourth-order valence-corrected chi connectivity index (χ4v) is 5.56. The van der Waals surface area contributed by atoms with Crippen LogP contribution in [0.25, 0.3) is 6.08 Å². The SMILES string of the molecule is COc1ccc(COC(=O)C2=C(/C=C/c3nnn(C)n3)CS[C@@H]3[C@H](NC(=O)Cc4ccccc4)C(=O)N23)cc1. The lowest BCUT2D eigenvalue weighted by Crippen LogP contribution is -2.70. The van der Waals surface area contributed by atoms with Gasteiger partial charge >= 0.3 is 5.97 Å². The molecule has 0 spiro atoms. The van der Waals surface area contributed by atoms with Crippen LogP contribution >= 0.6 is 11.8 Å². The minimum atomic E-state index is -0.734. The van der Waals surface area contributed by atoms with E-state index in [0.29, 0.717) is 22.9 Å². The molecule has 0 bridgehead atoms. The maximum Gasteiger partial charge on any atom is 0.355 e. The van der Waals surface area contributed by atoms with Gasteiger partial charge in [-0.2, -0.15) is 4.80 Å². The molecule has 11 nitrogen and oxygen atoms in total. The maximum atomic E-state index is 13.3. The minimum Gasteiger partial charge on any atom is -0.497 e. The zero-order chi connectivity index (χ0) is 27.4. The third-order valence-electron chi connectivity index (χ3n) is 6.20. The number of hydrogen-bond acceptors (Lipinski definition) is 9. The molecular weight excluding hydrogens is 520 g/mol. The zero-order valence-electron chi connectivity index (χ0n) is 21.3. The molecule has 39 heavy (non-hydrogen) atoms. The summed E-state index contributed by atoms with van der Waals surface area (Å²) in [6.45, 7) is 0.0200. The first-order valence-electron chi connectivity index (χ1n) is 12.2. The van der Waals surface area contributed by atoms with Gasteiger partial charge < -0.3 is 14.8 Å². The first kappa shape index (κ1) is 26.2. The van der Waals surface area contributed by atoms with Crippen LogP contribution in [0, 0.1) is 0 Å². The van der Waals surface area contributed by atoms with Gasteiger partial charge in [0.1, 0.15) is 29.5 Å². The molecule has 12 heteroatoms. The minimum absolute atomic E-state index is 0.0200. The summed E-state index contributed by atoms with van der Waals surface area (Å²) in [5.41, 5.74) is 2.35. The summed E-state index contributed by atoms with van der Waals surface area (Å²) in [6, 6.07) is 15.7. The number of methoxy groups -OCH3 is 1. The van der Waals surface area contributed by atoms with E-state index in [0.717, 1.165) is 11.1 Å². The van der Waals surface area contributed by atoms with E-state index in [9.17, 15) is 14.4 Å². The van der Waals surface area contributed by atoms with Gasteiger partial charge in [0.2, 0.25) is 5.91 Å². The molecule has 2 amide bonds. The largest absolute Gasteiger partial charge is 0.497 e. The number of rotatable bonds is 9. The fourth-order valence-electron chi connectivity index (χ4n) is 4.25. The van der Waals surface area contributed by atoms with Gasteiger partial charge in [-0.25, -0.2) is 4.79 Å². The van der Waals surface area contributed by atoms with Gasteiger partial charge in [0.15, 0.2) is 5.82 Å². The van der Waals surface area contributed by atoms with Crippen molar-refractivity contribution in [3.8, 4) is 5.75 Å². The Kier molecular flexibility index (Phi) is 7.73. The molecule has 2 aromatic carbocycles. The Morgan fingerprint density at radius 2 is 1.87 bits per heavy atom. The highest BCUT2D eigenvalue weighted by molar-refractivity contribution is 8.00. The first-order chi connectivity index (χ1) is 18.9. The number of tetrazole rings is 1. The van der Waals surface area contributed by atoms with Gasteiger partial charge in [0.05, 0.1) is 20.6 Å². The molecular formula is C27H26N6O5S. The third kappa shape index (κ3) is 5.85. The summed E-state index contributed by atoms with van der Waals surface area (Å²) in [4.78, 5) is 42.0. The molecule has 1 N–H and O–H groups in total. The Labute approximate surface area is 228 Å². The number of fused-ring (bicyclic) bond motifs is 1. The van der Waals surface area contributed by atoms with E-state index < -0.39 is 17.4 Å². The Hall–Kier alpha value is -4.45. The molecule has 0 unspecified atom stereocenters. The van der Waals surface area contributed by atoms with Crippen molar-refractivity contribution in [1.82, 2.24) is 30.4 Å². The maximum absolute atomic E-state index is 13.3. The number of benzene rings is 2. The number of aromatic nitrogens is 4. The van der Waals surface area contributed by atoms with E-state index in [-0.39, 0.29) is 30.5 Å². The Bertz CT molecular complexity index is 1440. The standard InChI is InChI=1S/C27H26N6O5S/c1-32-30-21(29-31-32)13-10-19-16-39-26-23(28-22(34)14-17-6-4-3-5-7-17)25(35)33(26)24(19)27(36)38-15-18-8-11-20(37-2)12-9-18/h3-13,23,26H,14-16H2,1-2H3,(H,28,34)/b13-10+/t23-,26-/m1/s1. The van der Waals surface area contributed by atoms with Crippen molar-refractivity contribution < 1.29 is 23.9 Å². The van der Waals surface area contributed by atoms with Gasteiger partial charge in [0, 0.05) is 5.75 Å². The Morgan fingerprint density at radius 3 is 2.56 bits per heavy atom. The van der Waals surface area contributed by atoms with Crippen molar-refractivity contribution in [2.24, 2.45) is 7.05 Å². The average Bonchev–Trinajstić information content (AvgIpc) is 3.38. The topological polar surface area (TPSA) is 129 Å². The summed E-state index contributed by atoms with van der Waals surface area (Å²) in [7, 11) is 3.23. The smallest absolute Gasteiger partial charge is 0.355 e. The molecule has 0 saturated carbocycles. The number of carbonyl (C=O) groups is 3. The van der Waals surface area contributed by atoms with E-state index in [1.165, 1.54) is 21.5 Å². The number of allylic oxidation sites excluding steroid dienone is 1. The molecule has 2 aliphatic rings. The highest BCUT2D eigenvalue weighted by atomic mass is 32.2. The van der Waals surface area contributed by atoms with Gasteiger partial charge in [-0.15, -0.1) is 22.0 Å². The Morgan fingerprint density at radius 1 is 1.10 bits per heavy atom. The lowest BCUT2D eigenvalue weighted by Gasteiger charge is -2.49. The lowest BCUT2D eigenvalue weighted by atomic mass is 10.0. The summed E-state index contributed by atoms with van der Waals surface area (Å²) < 4.78 is 10.8. The number of esters is 1. The fraction of sp³-hybridized carbons (Fsp3) is 0.259. The molecule has 2 aliphatic heterocycles. The second kappa shape index (κ2) is 11.5. The van der Waals surface area contributed by atoms with E-state index in [1.807, 2.05) is 30.3 Å². The van der Waals surface area contributed by atoms with Crippen LogP contribution in [0.15, 0.2) is 71.9 Å². The van der Waals surface area contributed by atoms with Crippen LogP contribution in [-0.2, 0) is 39.2 Å². The number of ether oxygens (including phenoxy) is 2. The second-order valence-corrected chi connectivity index (χ2v) is 9.99. The summed E-state index contributed by atoms with van der Waals surface area (Å²) in [5, 5.41) is 14.3. The third-order valence-corrected chi connectivity index (χ3v) is 7.50. The van der Waals surface area contributed by atoms with Crippen molar-refractivity contribution in [3.63, 3.8) is 0 Å². The predicted octanol–water partition coefficient (Wildman–Crippen LogP) is 1.87. The van der Waals surface area contributed by atoms with Crippen LogP contribution in [0.4, 0.5) is 0 Å². The second-order valence-electron chi connectivity index (χ2n) is 8.89. The van der Waals surface area contributed by atoms with E-state index in [1.54, 1.807) is 50.6 Å². The number of thioether (sulfide) groups is 1. The van der Waals surface area contributed by atoms with E-state index >= 15 is 0 Å². The highest BCUT2D eigenvalue weighted by Gasteiger charge is 2.54. The molecule has 1 aromatic heterocycles. The molecule has 0 aliphatic carbocycles. The van der Waals surface area contributed by atoms with Crippen molar-refractivity contribution in [2.45, 2.75) is 24.4 Å². The molecule has 200 valence electrons. The summed E-state index contributed by atoms with van der Waals surface area (Å²) >= 11 is 1.46. The molecule has 5 rings (SSSR count). The molecule has 1 saturated heterocycles. The normalized spacial score (nSPS) is 18.5. The van der Waals surface area contributed by atoms with Crippen molar-refractivity contribution in [3.05, 3.63) is 88.9 Å². The number of aryl methyl sites for hydroxylation is 1. The van der Waals surface area contributed by atoms with Crippen molar-refractivity contribution in [1.29, 1.82) is 0 Å². The van der Waals surface area contributed by atoms with Gasteiger partial charge in [-0.05, 0) is 40.1 Å². The molecule has 1 fully saturated rings. The van der Waals surface area contributed by atoms with Gasteiger partial charge in [-0.1, -0.05) is 48.5 Å². The predicted molar refractivity (Wildman–Crippen MR) is 143 cm³/mol. The van der Waals surface area contributed by atoms with Crippen LogP contribution in [-0.4, -0.2) is 67.2 Å².